The van der Waals surface area contributed by atoms with E-state index < -0.39 is 0 Å². The maximum Gasteiger partial charge on any atom is 4.00 e. The molecule has 6 rings (SSSR count). The van der Waals surface area contributed by atoms with E-state index in [0.29, 0.717) is 33.4 Å². The van der Waals surface area contributed by atoms with E-state index in [0.717, 1.165) is 19.3 Å². The predicted octanol–water partition coefficient (Wildman–Crippen LogP) is 5.87. The first-order valence-corrected chi connectivity index (χ1v) is 15.9. The van der Waals surface area contributed by atoms with E-state index in [9.17, 15) is 28.8 Å². The monoisotopic (exact) mass is 884 g/mol. The number of carbonyl (C=O) groups is 6. The van der Waals surface area contributed by atoms with Gasteiger partial charge in [-0.3, -0.25) is 0 Å². The molecule has 0 aliphatic rings. The second kappa shape index (κ2) is 23.6. The van der Waals surface area contributed by atoms with Crippen molar-refractivity contribution in [1.82, 2.24) is 0 Å². The molecule has 0 heterocycles. The van der Waals surface area contributed by atoms with Crippen molar-refractivity contribution in [2.75, 3.05) is 0 Å². The molecule has 6 aromatic rings. The van der Waals surface area contributed by atoms with Crippen LogP contribution in [-0.2, 0) is 25.8 Å². The van der Waals surface area contributed by atoms with Crippen LogP contribution in [0, 0.1) is 19.3 Å². The van der Waals surface area contributed by atoms with Crippen molar-refractivity contribution in [2.45, 2.75) is 0 Å². The molecule has 0 aliphatic carbocycles. The fourth-order valence-electron chi connectivity index (χ4n) is 4.47. The van der Waals surface area contributed by atoms with Crippen molar-refractivity contribution in [1.29, 1.82) is 0 Å². The van der Waals surface area contributed by atoms with Gasteiger partial charge >= 0.3 is 25.8 Å². The van der Waals surface area contributed by atoms with Gasteiger partial charge in [-0.1, -0.05) is 162 Å². The molecule has 0 amide bonds. The van der Waals surface area contributed by atoms with Gasteiger partial charge in [-0.25, -0.2) is 0 Å². The Kier molecular flexibility index (Phi) is 19.2. The summed E-state index contributed by atoms with van der Waals surface area (Å²) in [5, 5.41) is 0. The van der Waals surface area contributed by atoms with Crippen LogP contribution in [0.1, 0.15) is 62.1 Å². The summed E-state index contributed by atoms with van der Waals surface area (Å²) in [7, 11) is 0. The number of ketones is 6. The molecule has 0 aromatic heterocycles. The third-order valence-corrected chi connectivity index (χ3v) is 7.14. The standard InChI is InChI=1S/3C15H11O2.ClH.Hf/c3*16-14(12-7-3-1-4-8-12)11-15(17)13-9-5-2-6-10-13;;/h3*1-11H;1H;/q3*-1;;+4/p-1. The topological polar surface area (TPSA) is 102 Å². The first-order chi connectivity index (χ1) is 24.8. The van der Waals surface area contributed by atoms with Crippen LogP contribution >= 0.6 is 0 Å². The number of carbonyl (C=O) groups excluding carboxylic acids is 6. The fraction of sp³-hybridized carbons (Fsp3) is 0. The SMILES string of the molecule is O=C([CH-]C(=O)c1ccccc1)c1ccccc1.O=C([CH-]C(=O)c1ccccc1)c1ccccc1.O=C([CH-]C(=O)c1ccccc1)c1ccccc1.[Cl-].[Hf+4]. The third kappa shape index (κ3) is 14.7. The maximum absolute atomic E-state index is 11.8. The smallest absolute Gasteiger partial charge is 1.00 e. The van der Waals surface area contributed by atoms with E-state index in [-0.39, 0.29) is 72.9 Å². The molecule has 0 fully saturated rings. The summed E-state index contributed by atoms with van der Waals surface area (Å²) >= 11 is 0. The minimum atomic E-state index is -0.264. The second-order valence-corrected chi connectivity index (χ2v) is 10.8. The van der Waals surface area contributed by atoms with Gasteiger partial charge in [0.25, 0.3) is 0 Å². The molecule has 8 heteroatoms. The number of benzene rings is 6. The van der Waals surface area contributed by atoms with Gasteiger partial charge in [-0.2, -0.15) is 0 Å². The second-order valence-electron chi connectivity index (χ2n) is 10.8. The number of Topliss-reactive ketones (excluding diaryl/α,β-unsaturated/α-hetero) is 6. The molecule has 0 unspecified atom stereocenters. The Labute approximate surface area is 334 Å². The summed E-state index contributed by atoms with van der Waals surface area (Å²) in [5.41, 5.74) is 3.15. The summed E-state index contributed by atoms with van der Waals surface area (Å²) in [6.07, 6.45) is 3.39. The van der Waals surface area contributed by atoms with Gasteiger partial charge in [0, 0.05) is 0 Å². The average Bonchev–Trinajstić information content (AvgIpc) is 3.20. The van der Waals surface area contributed by atoms with Crippen molar-refractivity contribution in [2.24, 2.45) is 0 Å². The van der Waals surface area contributed by atoms with E-state index in [1.54, 1.807) is 146 Å². The Balaban J connectivity index is 0.000000270. The minimum absolute atomic E-state index is 0. The van der Waals surface area contributed by atoms with Crippen molar-refractivity contribution < 1.29 is 67.0 Å². The van der Waals surface area contributed by atoms with Crippen molar-refractivity contribution in [3.8, 4) is 0 Å². The zero-order valence-corrected chi connectivity index (χ0v) is 32.7. The molecule has 260 valence electrons. The molecule has 0 bridgehead atoms. The Hall–Kier alpha value is -5.89. The zero-order chi connectivity index (χ0) is 36.3. The van der Waals surface area contributed by atoms with Gasteiger partial charge in [0.15, 0.2) is 0 Å². The van der Waals surface area contributed by atoms with Crippen molar-refractivity contribution >= 4 is 34.7 Å². The van der Waals surface area contributed by atoms with Crippen LogP contribution < -0.4 is 12.4 Å². The minimum Gasteiger partial charge on any atom is -1.00 e. The molecule has 6 nitrogen and oxygen atoms in total. The van der Waals surface area contributed by atoms with Crippen LogP contribution in [0.15, 0.2) is 182 Å². The Bertz CT molecular complexity index is 1650. The molecular weight excluding hydrogens is 850 g/mol. The van der Waals surface area contributed by atoms with Gasteiger partial charge in [-0.15, -0.1) is 72.8 Å². The third-order valence-electron chi connectivity index (χ3n) is 7.14. The van der Waals surface area contributed by atoms with Crippen molar-refractivity contribution in [3.05, 3.63) is 235 Å². The summed E-state index contributed by atoms with van der Waals surface area (Å²) in [6.45, 7) is 0. The normalized spacial score (nSPS) is 9.28. The number of hydrogen-bond acceptors (Lipinski definition) is 6. The molecule has 0 radical (unpaired) electrons. The van der Waals surface area contributed by atoms with E-state index >= 15 is 0 Å². The van der Waals surface area contributed by atoms with Crippen LogP contribution in [0.3, 0.4) is 0 Å². The maximum atomic E-state index is 11.8. The number of rotatable bonds is 12. The molecule has 6 aromatic carbocycles. The Morgan fingerprint density at radius 1 is 0.245 bits per heavy atom. The molecular formula is C45H33ClHfO6. The molecule has 0 saturated heterocycles. The van der Waals surface area contributed by atoms with E-state index in [4.69, 9.17) is 0 Å². The van der Waals surface area contributed by atoms with Crippen LogP contribution in [-0.4, -0.2) is 34.7 Å². The quantitative estimate of drug-likeness (QED) is 0.0660. The fourth-order valence-corrected chi connectivity index (χ4v) is 4.47. The first-order valence-electron chi connectivity index (χ1n) is 15.9. The van der Waals surface area contributed by atoms with E-state index in [1.807, 2.05) is 36.4 Å². The summed E-state index contributed by atoms with van der Waals surface area (Å²) in [5.74, 6) is -1.59. The van der Waals surface area contributed by atoms with Gasteiger partial charge < -0.3 is 41.2 Å². The molecule has 53 heavy (non-hydrogen) atoms. The number of halogens is 1. The molecule has 0 N–H and O–H groups in total. The molecule has 0 saturated carbocycles. The van der Waals surface area contributed by atoms with Crippen LogP contribution in [0.4, 0.5) is 0 Å². The summed E-state index contributed by atoms with van der Waals surface area (Å²) in [4.78, 5) is 70.5. The van der Waals surface area contributed by atoms with Crippen LogP contribution in [0.2, 0.25) is 0 Å². The zero-order valence-electron chi connectivity index (χ0n) is 28.4. The van der Waals surface area contributed by atoms with Crippen LogP contribution in [0.5, 0.6) is 0 Å². The van der Waals surface area contributed by atoms with Gasteiger partial charge in [-0.05, 0) is 0 Å². The summed E-state index contributed by atoms with van der Waals surface area (Å²) < 4.78 is 0. The van der Waals surface area contributed by atoms with Crippen LogP contribution in [0.25, 0.3) is 0 Å². The van der Waals surface area contributed by atoms with Gasteiger partial charge in [0.2, 0.25) is 0 Å². The van der Waals surface area contributed by atoms with Gasteiger partial charge in [0.1, 0.15) is 0 Å². The Morgan fingerprint density at radius 2 is 0.358 bits per heavy atom. The average molecular weight is 884 g/mol. The first kappa shape index (κ1) is 43.3. The predicted molar refractivity (Wildman–Crippen MR) is 198 cm³/mol. The van der Waals surface area contributed by atoms with Crippen molar-refractivity contribution in [3.63, 3.8) is 0 Å². The molecule has 0 spiro atoms. The largest absolute Gasteiger partial charge is 4.00 e. The number of hydrogen-bond donors (Lipinski definition) is 0. The molecule has 0 aliphatic heterocycles. The summed E-state index contributed by atoms with van der Waals surface area (Å²) in [6, 6.07) is 52.5. The van der Waals surface area contributed by atoms with Gasteiger partial charge in [0.05, 0.1) is 34.7 Å². The molecule has 0 atom stereocenters. The van der Waals surface area contributed by atoms with E-state index in [2.05, 4.69) is 0 Å². The Morgan fingerprint density at radius 3 is 0.472 bits per heavy atom. The van der Waals surface area contributed by atoms with E-state index in [1.165, 1.54) is 0 Å².